The number of nitrogens with zero attached hydrogens (tertiary/aromatic N) is 1. The predicted molar refractivity (Wildman–Crippen MR) is 98.3 cm³/mol. The lowest BCUT2D eigenvalue weighted by Crippen LogP contribution is -2.10. The highest BCUT2D eigenvalue weighted by Gasteiger charge is 2.15. The molecule has 2 nitrogen and oxygen atoms in total. The molecule has 1 aromatic heterocycles. The summed E-state index contributed by atoms with van der Waals surface area (Å²) < 4.78 is 0. The van der Waals surface area contributed by atoms with Gasteiger partial charge in [0, 0.05) is 23.3 Å². The van der Waals surface area contributed by atoms with Gasteiger partial charge in [0.2, 0.25) is 0 Å². The van der Waals surface area contributed by atoms with Crippen LogP contribution in [-0.4, -0.2) is 11.5 Å². The lowest BCUT2D eigenvalue weighted by molar-refractivity contribution is 0.610. The van der Waals surface area contributed by atoms with Crippen LogP contribution in [0.3, 0.4) is 0 Å². The largest absolute Gasteiger partial charge is 0.384 e. The van der Waals surface area contributed by atoms with Gasteiger partial charge in [0.25, 0.3) is 0 Å². The molecule has 0 atom stereocenters. The third-order valence-electron chi connectivity index (χ3n) is 4.50. The monoisotopic (exact) mass is 318 g/mol. The number of hydrogen-bond donors (Lipinski definition) is 1. The van der Waals surface area contributed by atoms with E-state index < -0.39 is 0 Å². The summed E-state index contributed by atoms with van der Waals surface area (Å²) in [7, 11) is 0. The van der Waals surface area contributed by atoms with E-state index in [2.05, 4.69) is 36.5 Å². The molecule has 0 amide bonds. The number of para-hydroxylation sites is 1. The van der Waals surface area contributed by atoms with Crippen molar-refractivity contribution in [1.82, 2.24) is 4.98 Å². The van der Waals surface area contributed by atoms with E-state index in [1.807, 2.05) is 0 Å². The number of halogens is 1. The Kier molecular flexibility index (Phi) is 6.50. The second kappa shape index (κ2) is 8.38. The maximum Gasteiger partial charge on any atom is 0.0726 e. The summed E-state index contributed by atoms with van der Waals surface area (Å²) in [6, 6.07) is 8.60. The average molecular weight is 319 g/mol. The second-order valence-electron chi connectivity index (χ2n) is 6.12. The van der Waals surface area contributed by atoms with Crippen LogP contribution in [0.25, 0.3) is 10.9 Å². The van der Waals surface area contributed by atoms with Crippen LogP contribution in [0.5, 0.6) is 0 Å². The summed E-state index contributed by atoms with van der Waals surface area (Å²) >= 11 is 0. The van der Waals surface area contributed by atoms with Gasteiger partial charge < -0.3 is 5.32 Å². The third-order valence-corrected chi connectivity index (χ3v) is 4.50. The van der Waals surface area contributed by atoms with Crippen molar-refractivity contribution < 1.29 is 0 Å². The van der Waals surface area contributed by atoms with Crippen molar-refractivity contribution >= 4 is 29.0 Å². The number of anilines is 1. The highest BCUT2D eigenvalue weighted by atomic mass is 35.5. The molecule has 120 valence electrons. The first-order chi connectivity index (χ1) is 10.4. The molecule has 22 heavy (non-hydrogen) atoms. The van der Waals surface area contributed by atoms with Gasteiger partial charge in [-0.25, -0.2) is 0 Å². The van der Waals surface area contributed by atoms with Crippen LogP contribution >= 0.6 is 12.4 Å². The van der Waals surface area contributed by atoms with Gasteiger partial charge in [-0.1, -0.05) is 44.4 Å². The lowest BCUT2D eigenvalue weighted by Gasteiger charge is -2.20. The molecule has 0 saturated heterocycles. The zero-order valence-corrected chi connectivity index (χ0v) is 14.3. The molecule has 1 aromatic carbocycles. The van der Waals surface area contributed by atoms with Gasteiger partial charge in [-0.3, -0.25) is 4.98 Å². The van der Waals surface area contributed by atoms with Crippen LogP contribution < -0.4 is 5.32 Å². The first kappa shape index (κ1) is 17.1. The van der Waals surface area contributed by atoms with Gasteiger partial charge in [0.1, 0.15) is 0 Å². The molecule has 0 spiro atoms. The Morgan fingerprint density at radius 3 is 2.64 bits per heavy atom. The molecule has 0 unspecified atom stereocenters. The lowest BCUT2D eigenvalue weighted by atomic mass is 9.94. The van der Waals surface area contributed by atoms with E-state index in [0.29, 0.717) is 0 Å². The topological polar surface area (TPSA) is 24.9 Å². The van der Waals surface area contributed by atoms with Crippen molar-refractivity contribution in [2.24, 2.45) is 0 Å². The molecular weight excluding hydrogens is 292 g/mol. The summed E-state index contributed by atoms with van der Waals surface area (Å²) in [5.41, 5.74) is 5.35. The Morgan fingerprint density at radius 1 is 1.05 bits per heavy atom. The molecule has 1 aliphatic rings. The minimum Gasteiger partial charge on any atom is -0.384 e. The van der Waals surface area contributed by atoms with Crippen LogP contribution in [0.2, 0.25) is 0 Å². The van der Waals surface area contributed by atoms with Crippen molar-refractivity contribution in [2.75, 3.05) is 11.9 Å². The zero-order valence-electron chi connectivity index (χ0n) is 13.5. The number of aromatic nitrogens is 1. The fraction of sp³-hybridized carbons (Fsp3) is 0.526. The van der Waals surface area contributed by atoms with Gasteiger partial charge in [-0.15, -0.1) is 12.4 Å². The van der Waals surface area contributed by atoms with E-state index in [1.54, 1.807) is 0 Å². The van der Waals surface area contributed by atoms with Gasteiger partial charge in [-0.05, 0) is 43.7 Å². The van der Waals surface area contributed by atoms with E-state index in [0.717, 1.165) is 18.5 Å². The normalized spacial score (nSPS) is 14.6. The Bertz CT molecular complexity index is 610. The van der Waals surface area contributed by atoms with Gasteiger partial charge in [0.15, 0.2) is 0 Å². The number of aryl methyl sites for hydroxylation is 1. The summed E-state index contributed by atoms with van der Waals surface area (Å²) in [6.45, 7) is 3.31. The number of rotatable bonds is 4. The van der Waals surface area contributed by atoms with Crippen LogP contribution in [0.4, 0.5) is 5.69 Å². The molecule has 3 rings (SSSR count). The molecule has 0 aliphatic heterocycles. The van der Waals surface area contributed by atoms with Gasteiger partial charge in [-0.2, -0.15) is 0 Å². The van der Waals surface area contributed by atoms with Crippen LogP contribution in [-0.2, 0) is 12.8 Å². The third kappa shape index (κ3) is 3.73. The number of hydrogen-bond acceptors (Lipinski definition) is 2. The predicted octanol–water partition coefficient (Wildman–Crippen LogP) is 5.53. The van der Waals surface area contributed by atoms with Crippen molar-refractivity contribution in [3.8, 4) is 0 Å². The minimum absolute atomic E-state index is 0. The molecule has 3 heteroatoms. The Labute approximate surface area is 140 Å². The standard InChI is InChI=1S/C19H26N2.ClH/c1-2-3-14-20-19-15-10-6-4-5-7-12-17(15)21-18-13-9-8-11-16(18)19;/h8-9,11,13H,2-7,10,12,14H2,1H3,(H,20,21);1H. The second-order valence-corrected chi connectivity index (χ2v) is 6.12. The first-order valence-corrected chi connectivity index (χ1v) is 8.54. The molecule has 0 radical (unpaired) electrons. The van der Waals surface area contributed by atoms with E-state index in [1.165, 1.54) is 67.3 Å². The van der Waals surface area contributed by atoms with Crippen LogP contribution in [0.15, 0.2) is 24.3 Å². The molecular formula is C19H27ClN2. The zero-order chi connectivity index (χ0) is 14.5. The van der Waals surface area contributed by atoms with Gasteiger partial charge >= 0.3 is 0 Å². The van der Waals surface area contributed by atoms with E-state index in [4.69, 9.17) is 4.98 Å². The Hall–Kier alpha value is -1.28. The number of nitrogens with one attached hydrogen (secondary N) is 1. The van der Waals surface area contributed by atoms with Crippen molar-refractivity contribution in [1.29, 1.82) is 0 Å². The molecule has 0 saturated carbocycles. The average Bonchev–Trinajstić information content (AvgIpc) is 2.48. The molecule has 0 fully saturated rings. The Morgan fingerprint density at radius 2 is 1.82 bits per heavy atom. The fourth-order valence-corrected chi connectivity index (χ4v) is 3.32. The van der Waals surface area contributed by atoms with Crippen molar-refractivity contribution in [3.05, 3.63) is 35.5 Å². The molecule has 1 aliphatic carbocycles. The summed E-state index contributed by atoms with van der Waals surface area (Å²) in [4.78, 5) is 4.97. The summed E-state index contributed by atoms with van der Waals surface area (Å²) in [5.74, 6) is 0. The minimum atomic E-state index is 0. The first-order valence-electron chi connectivity index (χ1n) is 8.54. The van der Waals surface area contributed by atoms with Gasteiger partial charge in [0.05, 0.1) is 5.52 Å². The van der Waals surface area contributed by atoms with E-state index >= 15 is 0 Å². The number of unbranched alkanes of at least 4 members (excludes halogenated alkanes) is 1. The van der Waals surface area contributed by atoms with Crippen LogP contribution in [0, 0.1) is 0 Å². The van der Waals surface area contributed by atoms with E-state index in [9.17, 15) is 0 Å². The highest BCUT2D eigenvalue weighted by molar-refractivity contribution is 5.93. The highest BCUT2D eigenvalue weighted by Crippen LogP contribution is 2.32. The SMILES string of the molecule is CCCCNc1c2c(nc3ccccc13)CCCCCC2.Cl. The summed E-state index contributed by atoms with van der Waals surface area (Å²) in [6.07, 6.45) is 10.1. The molecule has 2 aromatic rings. The number of benzene rings is 1. The Balaban J connectivity index is 0.00000176. The number of pyridine rings is 1. The maximum atomic E-state index is 4.97. The summed E-state index contributed by atoms with van der Waals surface area (Å²) in [5, 5.41) is 5.02. The quantitative estimate of drug-likeness (QED) is 0.750. The smallest absolute Gasteiger partial charge is 0.0726 e. The number of fused-ring (bicyclic) bond motifs is 2. The maximum absolute atomic E-state index is 4.97. The van der Waals surface area contributed by atoms with Crippen molar-refractivity contribution in [3.63, 3.8) is 0 Å². The molecule has 1 heterocycles. The molecule has 1 N–H and O–H groups in total. The van der Waals surface area contributed by atoms with Crippen LogP contribution in [0.1, 0.15) is 56.7 Å². The molecule has 0 bridgehead atoms. The van der Waals surface area contributed by atoms with E-state index in [-0.39, 0.29) is 12.4 Å². The van der Waals surface area contributed by atoms with Crippen molar-refractivity contribution in [2.45, 2.75) is 58.3 Å². The fourth-order valence-electron chi connectivity index (χ4n) is 3.32.